The fourth-order valence-electron chi connectivity index (χ4n) is 2.09. The van der Waals surface area contributed by atoms with Gasteiger partial charge < -0.3 is 14.6 Å². The van der Waals surface area contributed by atoms with E-state index in [1.807, 2.05) is 13.8 Å². The minimum Gasteiger partial charge on any atom is -0.507 e. The van der Waals surface area contributed by atoms with Crippen molar-refractivity contribution in [1.82, 2.24) is 0 Å². The number of phenolic OH excluding ortho intramolecular Hbond substituents is 1. The molecule has 0 aliphatic rings. The van der Waals surface area contributed by atoms with Gasteiger partial charge in [0.2, 0.25) is 0 Å². The molecule has 0 aliphatic carbocycles. The lowest BCUT2D eigenvalue weighted by Crippen LogP contribution is -2.03. The van der Waals surface area contributed by atoms with E-state index in [0.29, 0.717) is 24.5 Å². The van der Waals surface area contributed by atoms with Gasteiger partial charge in [0.1, 0.15) is 17.2 Å². The molecule has 0 spiro atoms. The molecule has 122 valence electrons. The summed E-state index contributed by atoms with van der Waals surface area (Å²) in [4.78, 5) is 12.5. The van der Waals surface area contributed by atoms with Crippen LogP contribution in [0.15, 0.2) is 42.5 Å². The van der Waals surface area contributed by atoms with Crippen LogP contribution in [0.4, 0.5) is 0 Å². The topological polar surface area (TPSA) is 55.8 Å². The van der Waals surface area contributed by atoms with Crippen molar-refractivity contribution in [1.29, 1.82) is 0 Å². The predicted octanol–water partition coefficient (Wildman–Crippen LogP) is 4.20. The lowest BCUT2D eigenvalue weighted by molar-refractivity contribution is 0.103. The number of hydrogen-bond donors (Lipinski definition) is 1. The Kier molecular flexibility index (Phi) is 6.03. The van der Waals surface area contributed by atoms with Gasteiger partial charge >= 0.3 is 0 Å². The summed E-state index contributed by atoms with van der Waals surface area (Å²) in [5.41, 5.74) is 0.766. The molecule has 1 N–H and O–H groups in total. The SMILES string of the molecule is CCCOc1ccc(C(=O)c2ccc(OCCC)cc2O)cc1. The molecule has 0 bridgehead atoms. The summed E-state index contributed by atoms with van der Waals surface area (Å²) in [7, 11) is 0. The van der Waals surface area contributed by atoms with Crippen LogP contribution < -0.4 is 9.47 Å². The van der Waals surface area contributed by atoms with Gasteiger partial charge in [0.25, 0.3) is 0 Å². The van der Waals surface area contributed by atoms with Gasteiger partial charge in [-0.25, -0.2) is 0 Å². The first kappa shape index (κ1) is 16.9. The summed E-state index contributed by atoms with van der Waals surface area (Å²) in [5, 5.41) is 10.1. The van der Waals surface area contributed by atoms with Crippen LogP contribution in [0.1, 0.15) is 42.6 Å². The zero-order chi connectivity index (χ0) is 16.7. The van der Waals surface area contributed by atoms with Crippen LogP contribution in [0, 0.1) is 0 Å². The van der Waals surface area contributed by atoms with Gasteiger partial charge in [-0.3, -0.25) is 4.79 Å². The van der Waals surface area contributed by atoms with E-state index in [0.717, 1.165) is 18.6 Å². The summed E-state index contributed by atoms with van der Waals surface area (Å²) < 4.78 is 10.9. The first-order valence-corrected chi connectivity index (χ1v) is 7.89. The van der Waals surface area contributed by atoms with Gasteiger partial charge in [-0.2, -0.15) is 0 Å². The normalized spacial score (nSPS) is 10.3. The summed E-state index contributed by atoms with van der Waals surface area (Å²) in [6.07, 6.45) is 1.81. The zero-order valence-electron chi connectivity index (χ0n) is 13.5. The molecule has 0 atom stereocenters. The quantitative estimate of drug-likeness (QED) is 0.742. The van der Waals surface area contributed by atoms with E-state index < -0.39 is 0 Å². The lowest BCUT2D eigenvalue weighted by atomic mass is 10.0. The van der Waals surface area contributed by atoms with Crippen LogP contribution in [-0.4, -0.2) is 24.1 Å². The Labute approximate surface area is 136 Å². The largest absolute Gasteiger partial charge is 0.507 e. The highest BCUT2D eigenvalue weighted by Crippen LogP contribution is 2.26. The monoisotopic (exact) mass is 314 g/mol. The van der Waals surface area contributed by atoms with Gasteiger partial charge in [-0.1, -0.05) is 13.8 Å². The maximum Gasteiger partial charge on any atom is 0.196 e. The number of carbonyl (C=O) groups is 1. The highest BCUT2D eigenvalue weighted by molar-refractivity contribution is 6.10. The van der Waals surface area contributed by atoms with Crippen molar-refractivity contribution < 1.29 is 19.4 Å². The summed E-state index contributed by atoms with van der Waals surface area (Å²) in [6, 6.07) is 11.7. The molecule has 2 rings (SSSR count). The fraction of sp³-hybridized carbons (Fsp3) is 0.316. The Morgan fingerprint density at radius 2 is 1.48 bits per heavy atom. The number of hydrogen-bond acceptors (Lipinski definition) is 4. The number of ketones is 1. The van der Waals surface area contributed by atoms with Crippen molar-refractivity contribution in [2.45, 2.75) is 26.7 Å². The minimum atomic E-state index is -0.230. The molecule has 23 heavy (non-hydrogen) atoms. The van der Waals surface area contributed by atoms with Crippen molar-refractivity contribution in [3.05, 3.63) is 53.6 Å². The second-order valence-electron chi connectivity index (χ2n) is 5.23. The highest BCUT2D eigenvalue weighted by Gasteiger charge is 2.14. The number of rotatable bonds is 8. The molecule has 0 fully saturated rings. The Morgan fingerprint density at radius 1 is 0.913 bits per heavy atom. The summed E-state index contributed by atoms with van der Waals surface area (Å²) in [5.74, 6) is 0.988. The number of ether oxygens (including phenoxy) is 2. The van der Waals surface area contributed by atoms with Crippen molar-refractivity contribution in [2.75, 3.05) is 13.2 Å². The van der Waals surface area contributed by atoms with Crippen LogP contribution in [0.25, 0.3) is 0 Å². The van der Waals surface area contributed by atoms with Gasteiger partial charge in [0.05, 0.1) is 18.8 Å². The van der Waals surface area contributed by atoms with E-state index in [1.165, 1.54) is 6.07 Å². The molecule has 2 aromatic carbocycles. The minimum absolute atomic E-state index is 0.0742. The van der Waals surface area contributed by atoms with E-state index in [4.69, 9.17) is 9.47 Å². The smallest absolute Gasteiger partial charge is 0.196 e. The number of aromatic hydroxyl groups is 1. The number of phenols is 1. The fourth-order valence-corrected chi connectivity index (χ4v) is 2.09. The average molecular weight is 314 g/mol. The Balaban J connectivity index is 2.13. The first-order valence-electron chi connectivity index (χ1n) is 7.89. The van der Waals surface area contributed by atoms with Gasteiger partial charge in [-0.15, -0.1) is 0 Å². The molecule has 2 aromatic rings. The molecule has 0 saturated carbocycles. The molecular weight excluding hydrogens is 292 g/mol. The lowest BCUT2D eigenvalue weighted by Gasteiger charge is -2.09. The Bertz CT molecular complexity index is 647. The number of carbonyl (C=O) groups excluding carboxylic acids is 1. The van der Waals surface area contributed by atoms with Crippen LogP contribution in [-0.2, 0) is 0 Å². The Morgan fingerprint density at radius 3 is 2.04 bits per heavy atom. The standard InChI is InChI=1S/C19H22O4/c1-3-11-22-15-7-5-14(6-8-15)19(21)17-10-9-16(13-18(17)20)23-12-4-2/h5-10,13,20H,3-4,11-12H2,1-2H3. The van der Waals surface area contributed by atoms with Gasteiger partial charge in [0.15, 0.2) is 5.78 Å². The third-order valence-corrected chi connectivity index (χ3v) is 3.28. The second kappa shape index (κ2) is 8.22. The third-order valence-electron chi connectivity index (χ3n) is 3.28. The molecule has 0 aromatic heterocycles. The van der Waals surface area contributed by atoms with E-state index in [9.17, 15) is 9.90 Å². The van der Waals surface area contributed by atoms with Crippen molar-refractivity contribution in [3.63, 3.8) is 0 Å². The Hall–Kier alpha value is -2.49. The predicted molar refractivity (Wildman–Crippen MR) is 89.6 cm³/mol. The van der Waals surface area contributed by atoms with Crippen LogP contribution in [0.5, 0.6) is 17.2 Å². The molecule has 4 heteroatoms. The second-order valence-corrected chi connectivity index (χ2v) is 5.23. The third kappa shape index (κ3) is 4.49. The van der Waals surface area contributed by atoms with E-state index >= 15 is 0 Å². The van der Waals surface area contributed by atoms with Crippen molar-refractivity contribution in [2.24, 2.45) is 0 Å². The van der Waals surface area contributed by atoms with Gasteiger partial charge in [0, 0.05) is 11.6 Å². The maximum absolute atomic E-state index is 12.5. The molecule has 0 radical (unpaired) electrons. The average Bonchev–Trinajstić information content (AvgIpc) is 2.58. The van der Waals surface area contributed by atoms with E-state index in [-0.39, 0.29) is 17.1 Å². The van der Waals surface area contributed by atoms with E-state index in [2.05, 4.69) is 0 Å². The maximum atomic E-state index is 12.5. The molecule has 0 saturated heterocycles. The highest BCUT2D eigenvalue weighted by atomic mass is 16.5. The van der Waals surface area contributed by atoms with Crippen LogP contribution >= 0.6 is 0 Å². The molecule has 0 heterocycles. The van der Waals surface area contributed by atoms with Crippen molar-refractivity contribution in [3.8, 4) is 17.2 Å². The first-order chi connectivity index (χ1) is 11.2. The van der Waals surface area contributed by atoms with Crippen LogP contribution in [0.3, 0.4) is 0 Å². The summed E-state index contributed by atoms with van der Waals surface area (Å²) in [6.45, 7) is 5.26. The zero-order valence-corrected chi connectivity index (χ0v) is 13.5. The summed E-state index contributed by atoms with van der Waals surface area (Å²) >= 11 is 0. The molecule has 4 nitrogen and oxygen atoms in total. The number of benzene rings is 2. The van der Waals surface area contributed by atoms with Crippen LogP contribution in [0.2, 0.25) is 0 Å². The van der Waals surface area contributed by atoms with Gasteiger partial charge in [-0.05, 0) is 49.2 Å². The van der Waals surface area contributed by atoms with E-state index in [1.54, 1.807) is 36.4 Å². The molecule has 0 amide bonds. The molecule has 0 aliphatic heterocycles. The van der Waals surface area contributed by atoms with Crippen molar-refractivity contribution >= 4 is 5.78 Å². The molecule has 0 unspecified atom stereocenters. The molecular formula is C19H22O4.